The summed E-state index contributed by atoms with van der Waals surface area (Å²) in [6, 6.07) is 24.4. The van der Waals surface area contributed by atoms with Gasteiger partial charge in [-0.15, -0.1) is 0 Å². The maximum atomic E-state index is 11.0. The Morgan fingerprint density at radius 3 is 2.24 bits per heavy atom. The van der Waals surface area contributed by atoms with Gasteiger partial charge in [0.15, 0.2) is 0 Å². The first-order valence-corrected chi connectivity index (χ1v) is 10.8. The number of nitrogens with zero attached hydrogens (tertiary/aromatic N) is 2. The Bertz CT molecular complexity index is 1200. The molecule has 0 saturated heterocycles. The molecule has 7 nitrogen and oxygen atoms in total. The molecular formula is C27H24N2O5. The van der Waals surface area contributed by atoms with Gasteiger partial charge in [0.2, 0.25) is 0 Å². The lowest BCUT2D eigenvalue weighted by molar-refractivity contribution is -0.138. The summed E-state index contributed by atoms with van der Waals surface area (Å²) in [6.07, 6.45) is 0.705. The van der Waals surface area contributed by atoms with E-state index in [2.05, 4.69) is 11.2 Å². The number of rotatable bonds is 10. The Labute approximate surface area is 197 Å². The third-order valence-corrected chi connectivity index (χ3v) is 5.67. The van der Waals surface area contributed by atoms with Crippen molar-refractivity contribution in [2.24, 2.45) is 11.1 Å². The molecule has 2 unspecified atom stereocenters. The van der Waals surface area contributed by atoms with Gasteiger partial charge in [-0.05, 0) is 59.9 Å². The first kappa shape index (κ1) is 22.9. The number of nitriles is 1. The van der Waals surface area contributed by atoms with Crippen LogP contribution in [0.15, 0.2) is 78.0 Å². The summed E-state index contributed by atoms with van der Waals surface area (Å²) >= 11 is 0. The molecule has 0 amide bonds. The highest BCUT2D eigenvalue weighted by atomic mass is 16.6. The lowest BCUT2D eigenvalue weighted by Crippen LogP contribution is -2.13. The summed E-state index contributed by atoms with van der Waals surface area (Å²) in [4.78, 5) is 16.0. The molecule has 0 bridgehead atoms. The Balaban J connectivity index is 1.28. The van der Waals surface area contributed by atoms with Gasteiger partial charge < -0.3 is 19.4 Å². The Kier molecular flexibility index (Phi) is 7.09. The van der Waals surface area contributed by atoms with Crippen molar-refractivity contribution in [2.75, 3.05) is 13.7 Å². The van der Waals surface area contributed by atoms with Gasteiger partial charge in [0.1, 0.15) is 37.5 Å². The number of aliphatic carboxylic acids is 1. The van der Waals surface area contributed by atoms with E-state index in [0.717, 1.165) is 22.4 Å². The molecule has 172 valence electrons. The van der Waals surface area contributed by atoms with Crippen LogP contribution in [0.5, 0.6) is 11.5 Å². The maximum absolute atomic E-state index is 11.0. The molecule has 0 radical (unpaired) electrons. The number of carboxylic acids is 1. The third kappa shape index (κ3) is 5.73. The van der Waals surface area contributed by atoms with Gasteiger partial charge in [-0.25, -0.2) is 0 Å². The highest BCUT2D eigenvalue weighted by Crippen LogP contribution is 2.47. The molecule has 0 aromatic heterocycles. The Morgan fingerprint density at radius 2 is 1.65 bits per heavy atom. The van der Waals surface area contributed by atoms with Crippen molar-refractivity contribution in [3.8, 4) is 17.6 Å². The van der Waals surface area contributed by atoms with E-state index in [1.807, 2.05) is 60.7 Å². The van der Waals surface area contributed by atoms with Gasteiger partial charge >= 0.3 is 5.97 Å². The average molecular weight is 456 g/mol. The molecule has 1 aliphatic rings. The van der Waals surface area contributed by atoms with Gasteiger partial charge in [-0.3, -0.25) is 4.79 Å². The first-order chi connectivity index (χ1) is 16.6. The Hall–Kier alpha value is -4.31. The van der Waals surface area contributed by atoms with Gasteiger partial charge in [0.25, 0.3) is 0 Å². The van der Waals surface area contributed by atoms with Crippen molar-refractivity contribution in [1.29, 1.82) is 5.26 Å². The topological polar surface area (TPSA) is 101 Å². The van der Waals surface area contributed by atoms with Gasteiger partial charge in [0, 0.05) is 5.56 Å². The molecule has 0 heterocycles. The molecule has 1 saturated carbocycles. The molecule has 1 fully saturated rings. The standard InChI is InChI=1S/C27H24N2O5/c1-32-29-26(21-6-2-18(15-28)3-7-21)17-34-22-10-4-19(5-11-22)16-33-23-12-8-20(9-13-23)24-14-25(24)27(30)31/h2-13,24-25H,14,16-17H2,1H3,(H,30,31)/b29-26+. The average Bonchev–Trinajstić information content (AvgIpc) is 3.68. The van der Waals surface area contributed by atoms with Crippen LogP contribution >= 0.6 is 0 Å². The number of benzene rings is 3. The fourth-order valence-electron chi connectivity index (χ4n) is 3.66. The molecule has 34 heavy (non-hydrogen) atoms. The monoisotopic (exact) mass is 456 g/mol. The fraction of sp³-hybridized carbons (Fsp3) is 0.222. The van der Waals surface area contributed by atoms with Crippen LogP contribution in [0.4, 0.5) is 0 Å². The maximum Gasteiger partial charge on any atom is 0.307 e. The molecule has 1 N–H and O–H groups in total. The lowest BCUT2D eigenvalue weighted by atomic mass is 10.1. The van der Waals surface area contributed by atoms with Gasteiger partial charge in [-0.2, -0.15) is 5.26 Å². The summed E-state index contributed by atoms with van der Waals surface area (Å²) in [7, 11) is 1.48. The van der Waals surface area contributed by atoms with E-state index >= 15 is 0 Å². The number of carbonyl (C=O) groups is 1. The van der Waals surface area contributed by atoms with Crippen molar-refractivity contribution < 1.29 is 24.2 Å². The second-order valence-corrected chi connectivity index (χ2v) is 7.99. The van der Waals surface area contributed by atoms with Crippen LogP contribution in [0.25, 0.3) is 0 Å². The predicted molar refractivity (Wildman–Crippen MR) is 126 cm³/mol. The number of carboxylic acid groups (broad SMARTS) is 1. The summed E-state index contributed by atoms with van der Waals surface area (Å²) in [5.74, 6) is 0.551. The van der Waals surface area contributed by atoms with Crippen LogP contribution in [0.1, 0.15) is 34.6 Å². The lowest BCUT2D eigenvalue weighted by Gasteiger charge is -2.10. The summed E-state index contributed by atoms with van der Waals surface area (Å²) in [6.45, 7) is 0.619. The number of oxime groups is 1. The molecule has 2 atom stereocenters. The van der Waals surface area contributed by atoms with E-state index in [0.29, 0.717) is 30.1 Å². The second-order valence-electron chi connectivity index (χ2n) is 7.99. The largest absolute Gasteiger partial charge is 0.489 e. The minimum atomic E-state index is -0.728. The second kappa shape index (κ2) is 10.5. The zero-order chi connectivity index (χ0) is 23.9. The molecule has 7 heteroatoms. The van der Waals surface area contributed by atoms with Crippen LogP contribution in [0, 0.1) is 17.2 Å². The molecule has 0 aliphatic heterocycles. The fourth-order valence-corrected chi connectivity index (χ4v) is 3.66. The first-order valence-electron chi connectivity index (χ1n) is 10.8. The molecular weight excluding hydrogens is 432 g/mol. The van der Waals surface area contributed by atoms with E-state index in [4.69, 9.17) is 24.7 Å². The van der Waals surface area contributed by atoms with Crippen molar-refractivity contribution in [1.82, 2.24) is 0 Å². The highest BCUT2D eigenvalue weighted by molar-refractivity contribution is 6.01. The van der Waals surface area contributed by atoms with Crippen molar-refractivity contribution in [3.63, 3.8) is 0 Å². The van der Waals surface area contributed by atoms with E-state index < -0.39 is 5.97 Å². The molecule has 3 aromatic rings. The van der Waals surface area contributed by atoms with E-state index in [-0.39, 0.29) is 18.4 Å². The van der Waals surface area contributed by atoms with Crippen molar-refractivity contribution in [2.45, 2.75) is 18.9 Å². The van der Waals surface area contributed by atoms with Gasteiger partial charge in [-0.1, -0.05) is 41.6 Å². The summed E-state index contributed by atoms with van der Waals surface area (Å²) in [5.41, 5.74) is 4.03. The van der Waals surface area contributed by atoms with Crippen molar-refractivity contribution >= 4 is 11.7 Å². The Morgan fingerprint density at radius 1 is 1.00 bits per heavy atom. The molecule has 0 spiro atoms. The third-order valence-electron chi connectivity index (χ3n) is 5.67. The molecule has 3 aromatic carbocycles. The van der Waals surface area contributed by atoms with Crippen LogP contribution in [-0.2, 0) is 16.2 Å². The number of hydrogen-bond acceptors (Lipinski definition) is 6. The zero-order valence-corrected chi connectivity index (χ0v) is 18.7. The normalized spacial score (nSPS) is 16.9. The van der Waals surface area contributed by atoms with Crippen LogP contribution in [-0.4, -0.2) is 30.5 Å². The SMILES string of the molecule is CO/N=C(\COc1ccc(COc2ccc(C3CC3C(=O)O)cc2)cc1)c1ccc(C#N)cc1. The minimum absolute atomic E-state index is 0.116. The van der Waals surface area contributed by atoms with Crippen molar-refractivity contribution in [3.05, 3.63) is 95.1 Å². The smallest absolute Gasteiger partial charge is 0.307 e. The van der Waals surface area contributed by atoms with Gasteiger partial charge in [0.05, 0.1) is 17.6 Å². The quantitative estimate of drug-likeness (QED) is 0.349. The van der Waals surface area contributed by atoms with E-state index in [9.17, 15) is 4.79 Å². The summed E-state index contributed by atoms with van der Waals surface area (Å²) < 4.78 is 11.7. The number of ether oxygens (including phenoxy) is 2. The number of hydrogen-bond donors (Lipinski definition) is 1. The van der Waals surface area contributed by atoms with E-state index in [1.54, 1.807) is 12.1 Å². The van der Waals surface area contributed by atoms with E-state index in [1.165, 1.54) is 7.11 Å². The zero-order valence-electron chi connectivity index (χ0n) is 18.7. The highest BCUT2D eigenvalue weighted by Gasteiger charge is 2.44. The van der Waals surface area contributed by atoms with Crippen LogP contribution in [0.3, 0.4) is 0 Å². The van der Waals surface area contributed by atoms with Crippen LogP contribution < -0.4 is 9.47 Å². The summed E-state index contributed by atoms with van der Waals surface area (Å²) in [5, 5.41) is 22.1. The minimum Gasteiger partial charge on any atom is -0.489 e. The molecule has 4 rings (SSSR count). The predicted octanol–water partition coefficient (Wildman–Crippen LogP) is 4.75. The molecule has 1 aliphatic carbocycles. The van der Waals surface area contributed by atoms with Crippen LogP contribution in [0.2, 0.25) is 0 Å².